The van der Waals surface area contributed by atoms with Gasteiger partial charge in [-0.2, -0.15) is 0 Å². The third kappa shape index (κ3) is 2.99. The van der Waals surface area contributed by atoms with Crippen LogP contribution in [-0.2, 0) is 0 Å². The molecule has 0 aliphatic heterocycles. The SMILES string of the molecule is c1ccc([C@H]2C[C@@H]2Nc2cc(-c3ccco3)nc(-c3nccs3)n2)cc1. The van der Waals surface area contributed by atoms with E-state index in [0.29, 0.717) is 17.8 Å². The van der Waals surface area contributed by atoms with Gasteiger partial charge in [-0.3, -0.25) is 0 Å². The van der Waals surface area contributed by atoms with Crippen LogP contribution in [0.15, 0.2) is 70.8 Å². The van der Waals surface area contributed by atoms with Crippen LogP contribution in [0.2, 0.25) is 0 Å². The van der Waals surface area contributed by atoms with E-state index in [1.54, 1.807) is 12.5 Å². The van der Waals surface area contributed by atoms with Gasteiger partial charge in [-0.05, 0) is 24.1 Å². The van der Waals surface area contributed by atoms with Gasteiger partial charge in [0.2, 0.25) is 0 Å². The molecule has 0 saturated heterocycles. The summed E-state index contributed by atoms with van der Waals surface area (Å²) in [4.78, 5) is 13.6. The van der Waals surface area contributed by atoms with Gasteiger partial charge in [0.05, 0.1) is 6.26 Å². The Hall–Kier alpha value is -2.99. The molecule has 128 valence electrons. The molecule has 1 N–H and O–H groups in total. The summed E-state index contributed by atoms with van der Waals surface area (Å²) in [7, 11) is 0. The Morgan fingerprint density at radius 1 is 1.08 bits per heavy atom. The molecular weight excluding hydrogens is 344 g/mol. The van der Waals surface area contributed by atoms with Gasteiger partial charge < -0.3 is 9.73 Å². The summed E-state index contributed by atoms with van der Waals surface area (Å²) >= 11 is 1.53. The molecule has 1 aromatic carbocycles. The second-order valence-electron chi connectivity index (χ2n) is 6.28. The summed E-state index contributed by atoms with van der Waals surface area (Å²) in [5.41, 5.74) is 2.13. The van der Waals surface area contributed by atoms with Crippen molar-refractivity contribution in [3.8, 4) is 22.3 Å². The predicted molar refractivity (Wildman–Crippen MR) is 102 cm³/mol. The lowest BCUT2D eigenvalue weighted by atomic mass is 10.1. The Labute approximate surface area is 154 Å². The Kier molecular flexibility index (Phi) is 3.75. The fourth-order valence-electron chi connectivity index (χ4n) is 3.11. The number of nitrogens with one attached hydrogen (secondary N) is 1. The van der Waals surface area contributed by atoms with Gasteiger partial charge in [0.15, 0.2) is 16.6 Å². The number of thiazole rings is 1. The van der Waals surface area contributed by atoms with Crippen LogP contribution in [0.4, 0.5) is 5.82 Å². The molecule has 1 aliphatic rings. The van der Waals surface area contributed by atoms with E-state index in [9.17, 15) is 0 Å². The Balaban J connectivity index is 1.45. The Bertz CT molecular complexity index is 947. The number of hydrogen-bond donors (Lipinski definition) is 1. The number of benzene rings is 1. The monoisotopic (exact) mass is 360 g/mol. The summed E-state index contributed by atoms with van der Waals surface area (Å²) in [5.74, 6) is 2.68. The van der Waals surface area contributed by atoms with Gasteiger partial charge in [-0.1, -0.05) is 30.3 Å². The smallest absolute Gasteiger partial charge is 0.191 e. The summed E-state index contributed by atoms with van der Waals surface area (Å²) in [6.07, 6.45) is 4.53. The van der Waals surface area contributed by atoms with Crippen LogP contribution >= 0.6 is 11.3 Å². The van der Waals surface area contributed by atoms with Gasteiger partial charge in [-0.15, -0.1) is 11.3 Å². The molecule has 0 bridgehead atoms. The van der Waals surface area contributed by atoms with Gasteiger partial charge in [0, 0.05) is 29.6 Å². The van der Waals surface area contributed by atoms with Crippen LogP contribution in [-0.4, -0.2) is 21.0 Å². The lowest BCUT2D eigenvalue weighted by Gasteiger charge is -2.08. The van der Waals surface area contributed by atoms with Crippen LogP contribution in [0.3, 0.4) is 0 Å². The second kappa shape index (κ2) is 6.38. The van der Waals surface area contributed by atoms with Crippen molar-refractivity contribution in [3.05, 3.63) is 71.9 Å². The molecule has 0 radical (unpaired) electrons. The van der Waals surface area contributed by atoms with Crippen molar-refractivity contribution in [2.75, 3.05) is 5.32 Å². The number of nitrogens with zero attached hydrogens (tertiary/aromatic N) is 3. The summed E-state index contributed by atoms with van der Waals surface area (Å²) in [6, 6.07) is 16.7. The van der Waals surface area contributed by atoms with Crippen molar-refractivity contribution in [2.24, 2.45) is 0 Å². The molecule has 4 aromatic rings. The van der Waals surface area contributed by atoms with Crippen LogP contribution in [0.25, 0.3) is 22.3 Å². The van der Waals surface area contributed by atoms with E-state index in [2.05, 4.69) is 50.6 Å². The summed E-state index contributed by atoms with van der Waals surface area (Å²) < 4.78 is 5.52. The number of hydrogen-bond acceptors (Lipinski definition) is 6. The highest BCUT2D eigenvalue weighted by Crippen LogP contribution is 2.42. The molecule has 3 heterocycles. The minimum absolute atomic E-state index is 0.390. The first-order chi connectivity index (χ1) is 12.9. The summed E-state index contributed by atoms with van der Waals surface area (Å²) in [6.45, 7) is 0. The van der Waals surface area contributed by atoms with Gasteiger partial charge in [0.1, 0.15) is 11.5 Å². The van der Waals surface area contributed by atoms with Crippen molar-refractivity contribution in [2.45, 2.75) is 18.4 Å². The van der Waals surface area contributed by atoms with E-state index >= 15 is 0 Å². The van der Waals surface area contributed by atoms with E-state index in [4.69, 9.17) is 4.42 Å². The molecule has 1 saturated carbocycles. The number of furan rings is 1. The lowest BCUT2D eigenvalue weighted by Crippen LogP contribution is -2.07. The molecular formula is C20H16N4OS. The Morgan fingerprint density at radius 3 is 2.77 bits per heavy atom. The highest BCUT2D eigenvalue weighted by atomic mass is 32.1. The average Bonchev–Trinajstić information content (AvgIpc) is 3.12. The zero-order valence-electron chi connectivity index (χ0n) is 13.9. The van der Waals surface area contributed by atoms with Gasteiger partial charge in [-0.25, -0.2) is 15.0 Å². The minimum atomic E-state index is 0.390. The van der Waals surface area contributed by atoms with Crippen LogP contribution in [0, 0.1) is 0 Å². The van der Waals surface area contributed by atoms with Crippen LogP contribution in [0.1, 0.15) is 17.9 Å². The molecule has 0 unspecified atom stereocenters. The zero-order valence-corrected chi connectivity index (χ0v) is 14.7. The highest BCUT2D eigenvalue weighted by Gasteiger charge is 2.38. The van der Waals surface area contributed by atoms with Crippen molar-refractivity contribution < 1.29 is 4.42 Å². The third-order valence-corrected chi connectivity index (χ3v) is 5.24. The first kappa shape index (κ1) is 15.3. The largest absolute Gasteiger partial charge is 0.463 e. The fraction of sp³-hybridized carbons (Fsp3) is 0.150. The molecule has 1 fully saturated rings. The first-order valence-electron chi connectivity index (χ1n) is 8.51. The standard InChI is InChI=1S/C20H16N4OS/c1-2-5-13(6-3-1)14-11-15(14)22-18-12-16(17-7-4-9-25-17)23-19(24-18)20-21-8-10-26-20/h1-10,12,14-15H,11H2,(H,22,23,24)/t14-,15+/m1/s1. The fourth-order valence-corrected chi connectivity index (χ4v) is 3.68. The molecule has 0 spiro atoms. The lowest BCUT2D eigenvalue weighted by molar-refractivity contribution is 0.580. The number of anilines is 1. The van der Waals surface area contributed by atoms with Crippen molar-refractivity contribution >= 4 is 17.2 Å². The number of aromatic nitrogens is 3. The van der Waals surface area contributed by atoms with Crippen molar-refractivity contribution in [1.82, 2.24) is 15.0 Å². The van der Waals surface area contributed by atoms with E-state index < -0.39 is 0 Å². The molecule has 6 heteroatoms. The zero-order chi connectivity index (χ0) is 17.3. The number of rotatable bonds is 5. The van der Waals surface area contributed by atoms with Crippen LogP contribution in [0.5, 0.6) is 0 Å². The van der Waals surface area contributed by atoms with Gasteiger partial charge >= 0.3 is 0 Å². The molecule has 5 nitrogen and oxygen atoms in total. The second-order valence-corrected chi connectivity index (χ2v) is 7.17. The molecule has 1 aliphatic carbocycles. The van der Waals surface area contributed by atoms with E-state index in [0.717, 1.165) is 28.7 Å². The summed E-state index contributed by atoms with van der Waals surface area (Å²) in [5, 5.41) is 6.28. The predicted octanol–water partition coefficient (Wildman–Crippen LogP) is 4.83. The molecule has 5 rings (SSSR count). The molecule has 2 atom stereocenters. The van der Waals surface area contributed by atoms with Crippen molar-refractivity contribution in [1.29, 1.82) is 0 Å². The van der Waals surface area contributed by atoms with Crippen LogP contribution < -0.4 is 5.32 Å². The van der Waals surface area contributed by atoms with E-state index in [1.807, 2.05) is 23.6 Å². The molecule has 26 heavy (non-hydrogen) atoms. The van der Waals surface area contributed by atoms with E-state index in [1.165, 1.54) is 16.9 Å². The first-order valence-corrected chi connectivity index (χ1v) is 9.39. The van der Waals surface area contributed by atoms with E-state index in [-0.39, 0.29) is 0 Å². The third-order valence-electron chi connectivity index (χ3n) is 4.47. The average molecular weight is 360 g/mol. The maximum Gasteiger partial charge on any atom is 0.191 e. The highest BCUT2D eigenvalue weighted by molar-refractivity contribution is 7.13. The van der Waals surface area contributed by atoms with Gasteiger partial charge in [0.25, 0.3) is 0 Å². The molecule has 0 amide bonds. The van der Waals surface area contributed by atoms with Crippen molar-refractivity contribution in [3.63, 3.8) is 0 Å². The topological polar surface area (TPSA) is 63.8 Å². The normalized spacial score (nSPS) is 18.6. The maximum atomic E-state index is 5.52. The Morgan fingerprint density at radius 2 is 2.00 bits per heavy atom. The quantitative estimate of drug-likeness (QED) is 0.552. The minimum Gasteiger partial charge on any atom is -0.463 e. The maximum absolute atomic E-state index is 5.52. The molecule has 3 aromatic heterocycles.